The number of hydrogen-bond donors (Lipinski definition) is 2. The average molecular weight is 367 g/mol. The number of likely N-dealkylation sites (tertiary alicyclic amines) is 1. The number of hydrogen-bond acceptors (Lipinski definition) is 3. The van der Waals surface area contributed by atoms with Crippen LogP contribution in [0.2, 0.25) is 5.02 Å². The Morgan fingerprint density at radius 3 is 2.58 bits per heavy atom. The summed E-state index contributed by atoms with van der Waals surface area (Å²) in [6.45, 7) is 3.62. The zero-order valence-electron chi connectivity index (χ0n) is 14.6. The maximum absolute atomic E-state index is 6.07. The normalized spacial score (nSPS) is 20.5. The first kappa shape index (κ1) is 17.3. The molecular formula is C21H23ClN4. The Bertz CT molecular complexity index is 844. The van der Waals surface area contributed by atoms with Crippen LogP contribution in [0.1, 0.15) is 17.0 Å². The Hall–Kier alpha value is -2.14. The van der Waals surface area contributed by atoms with E-state index in [9.17, 15) is 0 Å². The number of nitrogens with zero attached hydrogens (tertiary/aromatic N) is 2. The van der Waals surface area contributed by atoms with Crippen LogP contribution in [0.5, 0.6) is 0 Å². The number of rotatable bonds is 5. The van der Waals surface area contributed by atoms with Crippen molar-refractivity contribution in [1.82, 2.24) is 15.1 Å². The van der Waals surface area contributed by atoms with Crippen LogP contribution in [0, 0.1) is 5.92 Å². The van der Waals surface area contributed by atoms with Gasteiger partial charge in [-0.2, -0.15) is 5.10 Å². The van der Waals surface area contributed by atoms with Gasteiger partial charge in [0.25, 0.3) is 0 Å². The van der Waals surface area contributed by atoms with E-state index in [2.05, 4.69) is 45.4 Å². The molecule has 4 nitrogen and oxygen atoms in total. The lowest BCUT2D eigenvalue weighted by Gasteiger charge is -2.17. The third kappa shape index (κ3) is 3.54. The molecule has 0 saturated carbocycles. The molecule has 1 saturated heterocycles. The number of nitrogens with one attached hydrogen (secondary N) is 1. The molecule has 2 heterocycles. The second kappa shape index (κ2) is 7.62. The molecule has 134 valence electrons. The fourth-order valence-electron chi connectivity index (χ4n) is 3.94. The van der Waals surface area contributed by atoms with Gasteiger partial charge in [0.05, 0.1) is 11.9 Å². The molecule has 0 radical (unpaired) electrons. The molecular weight excluding hydrogens is 344 g/mol. The Morgan fingerprint density at radius 2 is 1.85 bits per heavy atom. The first-order chi connectivity index (χ1) is 12.7. The van der Waals surface area contributed by atoms with E-state index in [1.807, 2.05) is 30.5 Å². The van der Waals surface area contributed by atoms with E-state index in [0.717, 1.165) is 35.9 Å². The van der Waals surface area contributed by atoms with Crippen molar-refractivity contribution in [3.63, 3.8) is 0 Å². The van der Waals surface area contributed by atoms with Gasteiger partial charge < -0.3 is 5.73 Å². The van der Waals surface area contributed by atoms with Crippen molar-refractivity contribution in [2.24, 2.45) is 11.7 Å². The van der Waals surface area contributed by atoms with E-state index < -0.39 is 0 Å². The monoisotopic (exact) mass is 366 g/mol. The minimum Gasteiger partial charge on any atom is -0.330 e. The molecule has 4 rings (SSSR count). The van der Waals surface area contributed by atoms with Crippen molar-refractivity contribution in [3.8, 4) is 11.3 Å². The summed E-state index contributed by atoms with van der Waals surface area (Å²) in [5.41, 5.74) is 10.8. The van der Waals surface area contributed by atoms with Crippen molar-refractivity contribution in [1.29, 1.82) is 0 Å². The lowest BCUT2D eigenvalue weighted by Crippen LogP contribution is -2.23. The molecule has 5 heteroatoms. The number of halogens is 1. The molecule has 3 N–H and O–H groups in total. The first-order valence-corrected chi connectivity index (χ1v) is 9.38. The Balaban J connectivity index is 1.52. The summed E-state index contributed by atoms with van der Waals surface area (Å²) in [6, 6.07) is 18.6. The third-order valence-corrected chi connectivity index (χ3v) is 5.54. The van der Waals surface area contributed by atoms with Gasteiger partial charge >= 0.3 is 0 Å². The van der Waals surface area contributed by atoms with Crippen LogP contribution in [-0.2, 0) is 6.54 Å². The summed E-state index contributed by atoms with van der Waals surface area (Å²) in [5.74, 6) is 0.982. The lowest BCUT2D eigenvalue weighted by atomic mass is 9.89. The van der Waals surface area contributed by atoms with Gasteiger partial charge in [-0.15, -0.1) is 0 Å². The topological polar surface area (TPSA) is 57.9 Å². The van der Waals surface area contributed by atoms with Gasteiger partial charge in [-0.25, -0.2) is 0 Å². The van der Waals surface area contributed by atoms with E-state index >= 15 is 0 Å². The molecule has 2 aromatic carbocycles. The highest BCUT2D eigenvalue weighted by Crippen LogP contribution is 2.34. The van der Waals surface area contributed by atoms with Gasteiger partial charge in [0.1, 0.15) is 0 Å². The molecule has 3 aromatic rings. The number of aromatic nitrogens is 2. The van der Waals surface area contributed by atoms with Crippen molar-refractivity contribution < 1.29 is 0 Å². The van der Waals surface area contributed by atoms with Crippen LogP contribution in [0.3, 0.4) is 0 Å². The molecule has 26 heavy (non-hydrogen) atoms. The molecule has 2 atom stereocenters. The Morgan fingerprint density at radius 1 is 1.08 bits per heavy atom. The minimum absolute atomic E-state index is 0.489. The lowest BCUT2D eigenvalue weighted by molar-refractivity contribution is 0.317. The zero-order chi connectivity index (χ0) is 17.9. The summed E-state index contributed by atoms with van der Waals surface area (Å²) in [6.07, 6.45) is 1.93. The third-order valence-electron chi connectivity index (χ3n) is 5.29. The maximum atomic E-state index is 6.07. The fourth-order valence-corrected chi connectivity index (χ4v) is 4.07. The standard InChI is InChI=1S/C21H23ClN4/c22-19-8-6-16(7-9-19)21-18(11-24-25-21)13-26-12-17(10-23)20(14-26)15-4-2-1-3-5-15/h1-9,11,17,20H,10,12-14,23H2,(H,24,25)/t17-,20+/m1/s1. The highest BCUT2D eigenvalue weighted by molar-refractivity contribution is 6.30. The van der Waals surface area contributed by atoms with E-state index in [0.29, 0.717) is 18.4 Å². The van der Waals surface area contributed by atoms with Gasteiger partial charge in [-0.1, -0.05) is 54.1 Å². The van der Waals surface area contributed by atoms with E-state index in [1.165, 1.54) is 11.1 Å². The SMILES string of the molecule is NC[C@@H]1CN(Cc2cn[nH]c2-c2ccc(Cl)cc2)C[C@H]1c1ccccc1. The van der Waals surface area contributed by atoms with Crippen molar-refractivity contribution in [3.05, 3.63) is 76.9 Å². The van der Waals surface area contributed by atoms with E-state index in [1.54, 1.807) is 0 Å². The molecule has 1 aliphatic heterocycles. The molecule has 1 aromatic heterocycles. The minimum atomic E-state index is 0.489. The summed E-state index contributed by atoms with van der Waals surface area (Å²) in [4.78, 5) is 2.49. The second-order valence-corrected chi connectivity index (χ2v) is 7.42. The first-order valence-electron chi connectivity index (χ1n) is 9.00. The second-order valence-electron chi connectivity index (χ2n) is 6.98. The molecule has 0 amide bonds. The van der Waals surface area contributed by atoms with Crippen molar-refractivity contribution >= 4 is 11.6 Å². The summed E-state index contributed by atoms with van der Waals surface area (Å²) in [5, 5.41) is 8.15. The van der Waals surface area contributed by atoms with Gasteiger partial charge in [-0.05, 0) is 35.7 Å². The number of nitrogens with two attached hydrogens (primary N) is 1. The quantitative estimate of drug-likeness (QED) is 0.719. The van der Waals surface area contributed by atoms with Crippen LogP contribution >= 0.6 is 11.6 Å². The number of benzene rings is 2. The van der Waals surface area contributed by atoms with Gasteiger partial charge in [0, 0.05) is 36.1 Å². The van der Waals surface area contributed by atoms with Crippen LogP contribution in [0.25, 0.3) is 11.3 Å². The summed E-state index contributed by atoms with van der Waals surface area (Å²) < 4.78 is 0. The predicted molar refractivity (Wildman–Crippen MR) is 106 cm³/mol. The van der Waals surface area contributed by atoms with E-state index in [4.69, 9.17) is 17.3 Å². The van der Waals surface area contributed by atoms with Crippen LogP contribution < -0.4 is 5.73 Å². The van der Waals surface area contributed by atoms with Gasteiger partial charge in [0.2, 0.25) is 0 Å². The van der Waals surface area contributed by atoms with Crippen molar-refractivity contribution in [2.75, 3.05) is 19.6 Å². The smallest absolute Gasteiger partial charge is 0.0695 e. The molecule has 1 fully saturated rings. The fraction of sp³-hybridized carbons (Fsp3) is 0.286. The predicted octanol–water partition coefficient (Wildman–Crippen LogP) is 3.90. The largest absolute Gasteiger partial charge is 0.330 e. The Kier molecular flexibility index (Phi) is 5.07. The zero-order valence-corrected chi connectivity index (χ0v) is 15.4. The maximum Gasteiger partial charge on any atom is 0.0695 e. The average Bonchev–Trinajstić information content (AvgIpc) is 3.30. The molecule has 0 unspecified atom stereocenters. The summed E-state index contributed by atoms with van der Waals surface area (Å²) >= 11 is 6.01. The highest BCUT2D eigenvalue weighted by Gasteiger charge is 2.33. The Labute approximate surface area is 159 Å². The molecule has 1 aliphatic rings. The van der Waals surface area contributed by atoms with E-state index in [-0.39, 0.29) is 0 Å². The van der Waals surface area contributed by atoms with Gasteiger partial charge in [-0.3, -0.25) is 10.00 Å². The number of H-pyrrole nitrogens is 1. The highest BCUT2D eigenvalue weighted by atomic mass is 35.5. The summed E-state index contributed by atoms with van der Waals surface area (Å²) in [7, 11) is 0. The molecule has 0 aliphatic carbocycles. The van der Waals surface area contributed by atoms with Crippen LogP contribution in [-0.4, -0.2) is 34.7 Å². The van der Waals surface area contributed by atoms with Crippen LogP contribution in [0.15, 0.2) is 60.8 Å². The van der Waals surface area contributed by atoms with Crippen LogP contribution in [0.4, 0.5) is 0 Å². The van der Waals surface area contributed by atoms with Gasteiger partial charge in [0.15, 0.2) is 0 Å². The molecule has 0 spiro atoms. The molecule has 0 bridgehead atoms. The number of aromatic amines is 1. The van der Waals surface area contributed by atoms with Crippen molar-refractivity contribution in [2.45, 2.75) is 12.5 Å².